The first kappa shape index (κ1) is 22.5. The lowest BCUT2D eigenvalue weighted by Gasteiger charge is -2.23. The van der Waals surface area contributed by atoms with Crippen LogP contribution in [0.15, 0.2) is 24.5 Å². The van der Waals surface area contributed by atoms with E-state index in [0.29, 0.717) is 46.1 Å². The number of halogens is 2. The van der Waals surface area contributed by atoms with E-state index in [1.807, 2.05) is 6.92 Å². The number of aryl methyl sites for hydroxylation is 1. The average Bonchev–Trinajstić information content (AvgIpc) is 3.53. The van der Waals surface area contributed by atoms with E-state index in [0.717, 1.165) is 44.5 Å². The Morgan fingerprint density at radius 1 is 1.22 bits per heavy atom. The van der Waals surface area contributed by atoms with Crippen molar-refractivity contribution in [1.29, 1.82) is 0 Å². The normalized spacial score (nSPS) is 16.6. The smallest absolute Gasteiger partial charge is 0.255 e. The molecule has 170 valence electrons. The molecule has 1 saturated heterocycles. The molecule has 0 spiro atoms. The first-order valence-corrected chi connectivity index (χ1v) is 10.9. The summed E-state index contributed by atoms with van der Waals surface area (Å²) in [5, 5.41) is 6.44. The summed E-state index contributed by atoms with van der Waals surface area (Å²) in [6.07, 6.45) is 5.55. The fourth-order valence-corrected chi connectivity index (χ4v) is 4.13. The van der Waals surface area contributed by atoms with E-state index in [-0.39, 0.29) is 30.2 Å². The predicted molar refractivity (Wildman–Crippen MR) is 123 cm³/mol. The maximum absolute atomic E-state index is 13.9. The number of amides is 1. The van der Waals surface area contributed by atoms with Crippen molar-refractivity contribution in [2.45, 2.75) is 38.6 Å². The lowest BCUT2D eigenvalue weighted by atomic mass is 10.1. The molecule has 2 aliphatic rings. The molecular formula is C23H27ClFN5O2. The molecule has 2 fully saturated rings. The Bertz CT molecular complexity index is 1130. The number of fused-ring (bicyclic) bond motifs is 1. The van der Waals surface area contributed by atoms with Crippen LogP contribution in [0, 0.1) is 18.7 Å². The summed E-state index contributed by atoms with van der Waals surface area (Å²) < 4.78 is 19.9. The van der Waals surface area contributed by atoms with Crippen LogP contribution in [0.5, 0.6) is 5.75 Å². The molecule has 0 atom stereocenters. The molecule has 3 aromatic rings. The van der Waals surface area contributed by atoms with E-state index in [4.69, 9.17) is 4.74 Å². The van der Waals surface area contributed by atoms with Gasteiger partial charge in [-0.1, -0.05) is 0 Å². The molecule has 9 heteroatoms. The van der Waals surface area contributed by atoms with Crippen molar-refractivity contribution >= 4 is 29.3 Å². The number of hydrogen-bond donors (Lipinski definition) is 3. The van der Waals surface area contributed by atoms with E-state index < -0.39 is 0 Å². The zero-order valence-corrected chi connectivity index (χ0v) is 18.7. The molecule has 0 unspecified atom stereocenters. The van der Waals surface area contributed by atoms with Crippen LogP contribution in [-0.2, 0) is 0 Å². The monoisotopic (exact) mass is 459 g/mol. The Balaban J connectivity index is 0.00000245. The third-order valence-electron chi connectivity index (χ3n) is 6.04. The van der Waals surface area contributed by atoms with Gasteiger partial charge in [0.05, 0.1) is 17.7 Å². The molecule has 1 aliphatic carbocycles. The van der Waals surface area contributed by atoms with Gasteiger partial charge in [-0.05, 0) is 63.7 Å². The number of piperidine rings is 1. The molecule has 32 heavy (non-hydrogen) atoms. The Morgan fingerprint density at radius 3 is 2.75 bits per heavy atom. The molecular weight excluding hydrogens is 433 g/mol. The van der Waals surface area contributed by atoms with Crippen LogP contribution < -0.4 is 15.4 Å². The Labute approximate surface area is 192 Å². The average molecular weight is 460 g/mol. The van der Waals surface area contributed by atoms with Crippen LogP contribution in [0.3, 0.4) is 0 Å². The highest BCUT2D eigenvalue weighted by Gasteiger charge is 2.25. The number of aromatic nitrogens is 3. The number of nitrogens with zero attached hydrogens (tertiary/aromatic N) is 2. The van der Waals surface area contributed by atoms with E-state index in [1.165, 1.54) is 18.5 Å². The standard InChI is InChI=1S/C23H26FN5O2.ClH/c1-13-19(23(30)29-16-6-8-25-9-7-16)21-22(28-13)20(26-12-27-21)17-5-4-15(24)10-18(17)31-11-14-2-3-14;/h4-5,10,12,14,16,25,28H,2-3,6-9,11H2,1H3,(H,29,30);1H. The molecule has 3 heterocycles. The summed E-state index contributed by atoms with van der Waals surface area (Å²) in [5.41, 5.74) is 3.75. The summed E-state index contributed by atoms with van der Waals surface area (Å²) >= 11 is 0. The lowest BCUT2D eigenvalue weighted by Crippen LogP contribution is -2.42. The van der Waals surface area contributed by atoms with Gasteiger partial charge in [-0.2, -0.15) is 0 Å². The maximum Gasteiger partial charge on any atom is 0.255 e. The first-order chi connectivity index (χ1) is 15.1. The molecule has 3 N–H and O–H groups in total. The second kappa shape index (κ2) is 9.42. The minimum Gasteiger partial charge on any atom is -0.492 e. The zero-order valence-electron chi connectivity index (χ0n) is 17.9. The first-order valence-electron chi connectivity index (χ1n) is 10.9. The lowest BCUT2D eigenvalue weighted by molar-refractivity contribution is 0.0930. The van der Waals surface area contributed by atoms with Gasteiger partial charge in [-0.3, -0.25) is 4.79 Å². The van der Waals surface area contributed by atoms with Crippen LogP contribution in [0.1, 0.15) is 41.7 Å². The van der Waals surface area contributed by atoms with Crippen molar-refractivity contribution in [2.24, 2.45) is 5.92 Å². The minimum atomic E-state index is -0.357. The number of carbonyl (C=O) groups excluding carboxylic acids is 1. The van der Waals surface area contributed by atoms with E-state index in [1.54, 1.807) is 6.07 Å². The van der Waals surface area contributed by atoms with Crippen LogP contribution in [0.4, 0.5) is 4.39 Å². The number of benzene rings is 1. The van der Waals surface area contributed by atoms with Crippen molar-refractivity contribution in [3.63, 3.8) is 0 Å². The van der Waals surface area contributed by atoms with Crippen molar-refractivity contribution in [1.82, 2.24) is 25.6 Å². The number of aromatic amines is 1. The summed E-state index contributed by atoms with van der Waals surface area (Å²) in [7, 11) is 0. The number of nitrogens with one attached hydrogen (secondary N) is 3. The third-order valence-corrected chi connectivity index (χ3v) is 6.04. The maximum atomic E-state index is 13.9. The van der Waals surface area contributed by atoms with Crippen molar-refractivity contribution in [3.05, 3.63) is 41.6 Å². The molecule has 0 bridgehead atoms. The van der Waals surface area contributed by atoms with Gasteiger partial charge in [-0.15, -0.1) is 12.4 Å². The number of H-pyrrole nitrogens is 1. The fourth-order valence-electron chi connectivity index (χ4n) is 4.13. The van der Waals surface area contributed by atoms with Crippen LogP contribution in [0.2, 0.25) is 0 Å². The van der Waals surface area contributed by atoms with Crippen LogP contribution >= 0.6 is 12.4 Å². The van der Waals surface area contributed by atoms with Gasteiger partial charge in [-0.25, -0.2) is 14.4 Å². The molecule has 2 aromatic heterocycles. The number of rotatable bonds is 6. The third kappa shape index (κ3) is 4.56. The Kier molecular flexibility index (Phi) is 6.62. The van der Waals surface area contributed by atoms with Crippen molar-refractivity contribution in [2.75, 3.05) is 19.7 Å². The molecule has 7 nitrogen and oxygen atoms in total. The summed E-state index contributed by atoms with van der Waals surface area (Å²) in [6, 6.07) is 4.61. The van der Waals surface area contributed by atoms with Gasteiger partial charge in [0.15, 0.2) is 0 Å². The highest BCUT2D eigenvalue weighted by Crippen LogP contribution is 2.36. The fraction of sp³-hybridized carbons (Fsp3) is 0.435. The minimum absolute atomic E-state index is 0. The molecule has 1 aromatic carbocycles. The highest BCUT2D eigenvalue weighted by atomic mass is 35.5. The Hall–Kier alpha value is -2.71. The highest BCUT2D eigenvalue weighted by molar-refractivity contribution is 6.09. The van der Waals surface area contributed by atoms with Gasteiger partial charge in [0.25, 0.3) is 5.91 Å². The SMILES string of the molecule is Cc1[nH]c2c(-c3ccc(F)cc3OCC3CC3)ncnc2c1C(=O)NC1CCNCC1.Cl. The number of carbonyl (C=O) groups is 1. The molecule has 1 aliphatic heterocycles. The van der Waals surface area contributed by atoms with E-state index >= 15 is 0 Å². The predicted octanol–water partition coefficient (Wildman–Crippen LogP) is 3.76. The zero-order chi connectivity index (χ0) is 21.4. The van der Waals surface area contributed by atoms with Gasteiger partial charge in [0.2, 0.25) is 0 Å². The Morgan fingerprint density at radius 2 is 2.00 bits per heavy atom. The largest absolute Gasteiger partial charge is 0.492 e. The molecule has 1 amide bonds. The number of ether oxygens (including phenoxy) is 1. The van der Waals surface area contributed by atoms with Crippen molar-refractivity contribution < 1.29 is 13.9 Å². The topological polar surface area (TPSA) is 91.9 Å². The van der Waals surface area contributed by atoms with Gasteiger partial charge >= 0.3 is 0 Å². The molecule has 0 radical (unpaired) electrons. The quantitative estimate of drug-likeness (QED) is 0.522. The van der Waals surface area contributed by atoms with Gasteiger partial charge < -0.3 is 20.4 Å². The van der Waals surface area contributed by atoms with Gasteiger partial charge in [0, 0.05) is 23.4 Å². The number of hydrogen-bond acceptors (Lipinski definition) is 5. The van der Waals surface area contributed by atoms with Crippen molar-refractivity contribution in [3.8, 4) is 17.0 Å². The summed E-state index contributed by atoms with van der Waals surface area (Å²) in [5.74, 6) is 0.508. The van der Waals surface area contributed by atoms with E-state index in [2.05, 4.69) is 25.6 Å². The summed E-state index contributed by atoms with van der Waals surface area (Å²) in [4.78, 5) is 25.2. The van der Waals surface area contributed by atoms with Gasteiger partial charge in [0.1, 0.15) is 29.1 Å². The molecule has 5 rings (SSSR count). The summed E-state index contributed by atoms with van der Waals surface area (Å²) in [6.45, 7) is 4.23. The second-order valence-electron chi connectivity index (χ2n) is 8.46. The van der Waals surface area contributed by atoms with E-state index in [9.17, 15) is 9.18 Å². The van der Waals surface area contributed by atoms with Crippen LogP contribution in [-0.4, -0.2) is 46.6 Å². The molecule has 1 saturated carbocycles. The second-order valence-corrected chi connectivity index (χ2v) is 8.46. The van der Waals surface area contributed by atoms with Crippen LogP contribution in [0.25, 0.3) is 22.3 Å².